The molecule has 7 nitrogen and oxygen atoms in total. The topological polar surface area (TPSA) is 92.2 Å². The lowest BCUT2D eigenvalue weighted by Gasteiger charge is -2.14. The molecule has 4 rings (SSSR count). The molecule has 3 N–H and O–H groups in total. The van der Waals surface area contributed by atoms with Crippen LogP contribution in [0.25, 0.3) is 10.9 Å². The fraction of sp³-hybridized carbons (Fsp3) is 0.292. The van der Waals surface area contributed by atoms with Crippen molar-refractivity contribution in [1.82, 2.24) is 9.88 Å². The molecular weight excluding hydrogens is 392 g/mol. The largest absolute Gasteiger partial charge is 0.347 e. The lowest BCUT2D eigenvalue weighted by molar-refractivity contribution is -0.118. The van der Waals surface area contributed by atoms with Crippen LogP contribution in [0.2, 0.25) is 0 Å². The summed E-state index contributed by atoms with van der Waals surface area (Å²) in [6, 6.07) is 13.9. The van der Waals surface area contributed by atoms with Gasteiger partial charge in [0.2, 0.25) is 11.8 Å². The van der Waals surface area contributed by atoms with Gasteiger partial charge in [-0.05, 0) is 42.7 Å². The average Bonchev–Trinajstić information content (AvgIpc) is 3.09. The van der Waals surface area contributed by atoms with Crippen LogP contribution in [0.1, 0.15) is 37.0 Å². The van der Waals surface area contributed by atoms with Crippen molar-refractivity contribution in [3.05, 3.63) is 60.3 Å². The Morgan fingerprint density at radius 3 is 2.71 bits per heavy atom. The normalized spacial score (nSPS) is 15.9. The molecule has 3 amide bonds. The molecule has 3 aromatic rings. The van der Waals surface area contributed by atoms with Gasteiger partial charge in [-0.25, -0.2) is 0 Å². The molecule has 0 unspecified atom stereocenters. The van der Waals surface area contributed by atoms with Crippen molar-refractivity contribution < 1.29 is 14.4 Å². The number of rotatable bonds is 6. The molecule has 160 valence electrons. The molecule has 7 heteroatoms. The second kappa shape index (κ2) is 8.63. The monoisotopic (exact) mass is 418 g/mol. The molecule has 0 spiro atoms. The first-order chi connectivity index (χ1) is 14.9. The highest BCUT2D eigenvalue weighted by atomic mass is 16.2. The van der Waals surface area contributed by atoms with E-state index in [4.69, 9.17) is 0 Å². The van der Waals surface area contributed by atoms with Gasteiger partial charge in [0.05, 0.1) is 22.5 Å². The second-order valence-electron chi connectivity index (χ2n) is 8.25. The zero-order valence-electron chi connectivity index (χ0n) is 17.6. The van der Waals surface area contributed by atoms with Gasteiger partial charge in [-0.3, -0.25) is 14.4 Å². The third kappa shape index (κ3) is 4.45. The van der Waals surface area contributed by atoms with E-state index in [0.717, 1.165) is 23.1 Å². The number of carbonyl (C=O) groups is 3. The maximum atomic E-state index is 12.6. The van der Waals surface area contributed by atoms with Crippen LogP contribution >= 0.6 is 0 Å². The minimum Gasteiger partial charge on any atom is -0.347 e. The summed E-state index contributed by atoms with van der Waals surface area (Å²) in [5, 5.41) is 9.42. The molecule has 0 fully saturated rings. The molecule has 0 bridgehead atoms. The summed E-state index contributed by atoms with van der Waals surface area (Å²) in [5.74, 6) is -0.330. The number of anilines is 2. The van der Waals surface area contributed by atoms with Gasteiger partial charge < -0.3 is 20.5 Å². The van der Waals surface area contributed by atoms with Crippen LogP contribution < -0.4 is 16.0 Å². The first-order valence-electron chi connectivity index (χ1n) is 10.5. The third-order valence-electron chi connectivity index (χ3n) is 5.36. The van der Waals surface area contributed by atoms with Crippen LogP contribution in [0.5, 0.6) is 0 Å². The quantitative estimate of drug-likeness (QED) is 0.569. The molecular formula is C24H26N4O3. The van der Waals surface area contributed by atoms with Crippen molar-refractivity contribution in [3.8, 4) is 0 Å². The van der Waals surface area contributed by atoms with Crippen LogP contribution in [0.4, 0.5) is 11.4 Å². The fourth-order valence-corrected chi connectivity index (χ4v) is 3.89. The molecule has 1 aliphatic heterocycles. The Balaban J connectivity index is 1.41. The summed E-state index contributed by atoms with van der Waals surface area (Å²) >= 11 is 0. The summed E-state index contributed by atoms with van der Waals surface area (Å²) in [6.45, 7) is 5.23. The second-order valence-corrected chi connectivity index (χ2v) is 8.25. The Hall–Kier alpha value is -3.61. The lowest BCUT2D eigenvalue weighted by atomic mass is 10.1. The van der Waals surface area contributed by atoms with Crippen molar-refractivity contribution in [2.45, 2.75) is 39.3 Å². The zero-order chi connectivity index (χ0) is 22.0. The number of aromatic nitrogens is 1. The van der Waals surface area contributed by atoms with E-state index in [-0.39, 0.29) is 30.6 Å². The van der Waals surface area contributed by atoms with Crippen molar-refractivity contribution in [2.24, 2.45) is 5.92 Å². The number of hydrogen-bond donors (Lipinski definition) is 3. The van der Waals surface area contributed by atoms with E-state index in [1.165, 1.54) is 0 Å². The summed E-state index contributed by atoms with van der Waals surface area (Å²) in [5.41, 5.74) is 2.71. The van der Waals surface area contributed by atoms with Crippen LogP contribution in [0.15, 0.2) is 54.7 Å². The lowest BCUT2D eigenvalue weighted by Crippen LogP contribution is -2.41. The molecule has 0 saturated carbocycles. The highest BCUT2D eigenvalue weighted by molar-refractivity contribution is 6.10. The maximum absolute atomic E-state index is 12.6. The van der Waals surface area contributed by atoms with Crippen molar-refractivity contribution in [2.75, 3.05) is 10.6 Å². The van der Waals surface area contributed by atoms with Crippen LogP contribution in [-0.4, -0.2) is 28.3 Å². The van der Waals surface area contributed by atoms with Gasteiger partial charge in [0.15, 0.2) is 0 Å². The van der Waals surface area contributed by atoms with Gasteiger partial charge in [0.25, 0.3) is 5.91 Å². The van der Waals surface area contributed by atoms with E-state index in [0.29, 0.717) is 17.2 Å². The maximum Gasteiger partial charge on any atom is 0.254 e. The minimum absolute atomic E-state index is 0.109. The number of nitrogens with one attached hydrogen (secondary N) is 3. The van der Waals surface area contributed by atoms with E-state index >= 15 is 0 Å². The molecule has 2 heterocycles. The fourth-order valence-electron chi connectivity index (χ4n) is 3.89. The minimum atomic E-state index is -0.770. The first kappa shape index (κ1) is 20.7. The summed E-state index contributed by atoms with van der Waals surface area (Å²) < 4.78 is 2.18. The summed E-state index contributed by atoms with van der Waals surface area (Å²) in [6.07, 6.45) is 2.35. The number of benzene rings is 2. The number of para-hydroxylation sites is 1. The Labute approximate surface area is 180 Å². The smallest absolute Gasteiger partial charge is 0.254 e. The standard InChI is InChI=1S/C24H26N4O3/c1-15(2)14-28-13-12-16-18(8-5-9-21(16)28)25-22(29)11-10-20-24(31)26-19-7-4-3-6-17(19)23(30)27-20/h3-9,12-13,15,20H,10-11,14H2,1-2H3,(H,25,29)(H,26,31)(H,27,30)/t20-/m0/s1. The van der Waals surface area contributed by atoms with E-state index < -0.39 is 6.04 Å². The molecule has 0 saturated heterocycles. The van der Waals surface area contributed by atoms with Crippen molar-refractivity contribution >= 4 is 40.0 Å². The van der Waals surface area contributed by atoms with Gasteiger partial charge in [-0.15, -0.1) is 0 Å². The highest BCUT2D eigenvalue weighted by Gasteiger charge is 2.27. The van der Waals surface area contributed by atoms with Crippen LogP contribution in [0, 0.1) is 5.92 Å². The highest BCUT2D eigenvalue weighted by Crippen LogP contribution is 2.26. The molecule has 1 atom stereocenters. The Kier molecular flexibility index (Phi) is 5.75. The van der Waals surface area contributed by atoms with Gasteiger partial charge in [0.1, 0.15) is 6.04 Å². The number of hydrogen-bond acceptors (Lipinski definition) is 3. The van der Waals surface area contributed by atoms with Gasteiger partial charge >= 0.3 is 0 Å². The van der Waals surface area contributed by atoms with Crippen LogP contribution in [-0.2, 0) is 16.1 Å². The summed E-state index contributed by atoms with van der Waals surface area (Å²) in [7, 11) is 0. The van der Waals surface area contributed by atoms with Gasteiger partial charge in [-0.1, -0.05) is 32.0 Å². The number of amides is 3. The Morgan fingerprint density at radius 1 is 1.10 bits per heavy atom. The summed E-state index contributed by atoms with van der Waals surface area (Å²) in [4.78, 5) is 37.5. The van der Waals surface area contributed by atoms with Crippen molar-refractivity contribution in [3.63, 3.8) is 0 Å². The van der Waals surface area contributed by atoms with Crippen molar-refractivity contribution in [1.29, 1.82) is 0 Å². The first-order valence-corrected chi connectivity index (χ1v) is 10.5. The van der Waals surface area contributed by atoms with E-state index in [1.807, 2.05) is 30.5 Å². The Bertz CT molecular complexity index is 1150. The molecule has 1 aromatic heterocycles. The Morgan fingerprint density at radius 2 is 1.90 bits per heavy atom. The molecule has 0 aliphatic carbocycles. The van der Waals surface area contributed by atoms with Gasteiger partial charge in [-0.2, -0.15) is 0 Å². The third-order valence-corrected chi connectivity index (χ3v) is 5.36. The zero-order valence-corrected chi connectivity index (χ0v) is 17.6. The predicted octanol–water partition coefficient (Wildman–Crippen LogP) is 3.77. The molecule has 2 aromatic carbocycles. The SMILES string of the molecule is CC(C)Cn1ccc2c(NC(=O)CC[C@@H]3NC(=O)c4ccccc4NC3=O)cccc21. The van der Waals surface area contributed by atoms with E-state index in [1.54, 1.807) is 24.3 Å². The average molecular weight is 418 g/mol. The molecule has 0 radical (unpaired) electrons. The number of carbonyl (C=O) groups excluding carboxylic acids is 3. The van der Waals surface area contributed by atoms with Gasteiger partial charge in [0, 0.05) is 24.5 Å². The predicted molar refractivity (Wildman–Crippen MR) is 121 cm³/mol. The molecule has 1 aliphatic rings. The molecule has 31 heavy (non-hydrogen) atoms. The number of nitrogens with zero attached hydrogens (tertiary/aromatic N) is 1. The van der Waals surface area contributed by atoms with E-state index in [2.05, 4.69) is 34.4 Å². The van der Waals surface area contributed by atoms with E-state index in [9.17, 15) is 14.4 Å². The number of fused-ring (bicyclic) bond motifs is 2. The van der Waals surface area contributed by atoms with Crippen LogP contribution in [0.3, 0.4) is 0 Å².